The van der Waals surface area contributed by atoms with Crippen molar-refractivity contribution in [1.82, 2.24) is 9.88 Å². The Morgan fingerprint density at radius 2 is 2.12 bits per heavy atom. The number of nitrogens with two attached hydrogens (primary N) is 1. The van der Waals surface area contributed by atoms with Crippen molar-refractivity contribution in [3.8, 4) is 18.1 Å². The standard InChI is InChI=1S/C24H21FN4O3S/c1-3-22-27-20(14-33-22)23(30)29(18-10-17(26)11-19(12-18)32-2)21-8-9-28(24(21)31)13-15-4-6-16(25)7-5-15/h1,4-7,10-12,14,21H,8-9,13,26H2,2H3/t21-/m0/s1. The highest BCUT2D eigenvalue weighted by Crippen LogP contribution is 2.32. The Morgan fingerprint density at radius 1 is 1.36 bits per heavy atom. The largest absolute Gasteiger partial charge is 0.497 e. The summed E-state index contributed by atoms with van der Waals surface area (Å²) in [5.74, 6) is 1.86. The molecule has 2 amide bonds. The van der Waals surface area contributed by atoms with Gasteiger partial charge in [-0.3, -0.25) is 14.5 Å². The molecule has 1 fully saturated rings. The number of hydrogen-bond acceptors (Lipinski definition) is 6. The Bertz CT molecular complexity index is 1240. The lowest BCUT2D eigenvalue weighted by Gasteiger charge is -2.28. The van der Waals surface area contributed by atoms with Crippen LogP contribution in [0.4, 0.5) is 15.8 Å². The molecular weight excluding hydrogens is 443 g/mol. The molecule has 3 aromatic rings. The van der Waals surface area contributed by atoms with Gasteiger partial charge in [-0.2, -0.15) is 0 Å². The van der Waals surface area contributed by atoms with Gasteiger partial charge >= 0.3 is 0 Å². The number of ether oxygens (including phenoxy) is 1. The smallest absolute Gasteiger partial charge is 0.278 e. The average molecular weight is 465 g/mol. The zero-order chi connectivity index (χ0) is 23.5. The van der Waals surface area contributed by atoms with Crippen LogP contribution in [0, 0.1) is 18.2 Å². The second-order valence-corrected chi connectivity index (χ2v) is 8.37. The number of carbonyl (C=O) groups excluding carboxylic acids is 2. The Balaban J connectivity index is 1.68. The lowest BCUT2D eigenvalue weighted by Crippen LogP contribution is -2.45. The molecule has 0 radical (unpaired) electrons. The third-order valence-corrected chi connectivity index (χ3v) is 6.13. The molecule has 9 heteroatoms. The summed E-state index contributed by atoms with van der Waals surface area (Å²) in [6.07, 6.45) is 5.82. The second kappa shape index (κ2) is 9.30. The normalized spacial score (nSPS) is 15.4. The van der Waals surface area contributed by atoms with Crippen LogP contribution in [-0.4, -0.2) is 41.4 Å². The van der Waals surface area contributed by atoms with Crippen LogP contribution in [0.3, 0.4) is 0 Å². The van der Waals surface area contributed by atoms with Crippen LogP contribution < -0.4 is 15.4 Å². The SMILES string of the molecule is C#Cc1nc(C(=O)N(c2cc(N)cc(OC)c2)[C@H]2CCN(Cc3ccc(F)cc3)C2=O)cs1. The first kappa shape index (κ1) is 22.3. The Labute approximate surface area is 194 Å². The first-order valence-corrected chi connectivity index (χ1v) is 11.0. The maximum atomic E-state index is 13.5. The van der Waals surface area contributed by atoms with E-state index in [2.05, 4.69) is 10.9 Å². The third-order valence-electron chi connectivity index (χ3n) is 5.36. The van der Waals surface area contributed by atoms with E-state index in [-0.39, 0.29) is 17.4 Å². The summed E-state index contributed by atoms with van der Waals surface area (Å²) < 4.78 is 18.5. The number of hydrogen-bond donors (Lipinski definition) is 1. The minimum absolute atomic E-state index is 0.152. The topological polar surface area (TPSA) is 88.8 Å². The minimum atomic E-state index is -0.763. The summed E-state index contributed by atoms with van der Waals surface area (Å²) >= 11 is 1.18. The number of rotatable bonds is 6. The molecule has 0 bridgehead atoms. The number of methoxy groups -OCH3 is 1. The van der Waals surface area contributed by atoms with Crippen LogP contribution in [0.25, 0.3) is 0 Å². The highest BCUT2D eigenvalue weighted by atomic mass is 32.1. The summed E-state index contributed by atoms with van der Waals surface area (Å²) in [6, 6.07) is 10.1. The van der Waals surface area contributed by atoms with Crippen molar-refractivity contribution in [3.63, 3.8) is 0 Å². The number of terminal acetylenes is 1. The molecular formula is C24H21FN4O3S. The highest BCUT2D eigenvalue weighted by Gasteiger charge is 2.40. The summed E-state index contributed by atoms with van der Waals surface area (Å²) in [5, 5.41) is 1.95. The van der Waals surface area contributed by atoms with Crippen molar-refractivity contribution < 1.29 is 18.7 Å². The fourth-order valence-electron chi connectivity index (χ4n) is 3.79. The van der Waals surface area contributed by atoms with Crippen LogP contribution in [0.1, 0.15) is 27.5 Å². The van der Waals surface area contributed by atoms with Gasteiger partial charge in [-0.15, -0.1) is 17.8 Å². The van der Waals surface area contributed by atoms with E-state index in [0.717, 1.165) is 5.56 Å². The molecule has 1 aromatic heterocycles. The maximum Gasteiger partial charge on any atom is 0.278 e. The van der Waals surface area contributed by atoms with Crippen molar-refractivity contribution in [2.24, 2.45) is 0 Å². The third kappa shape index (κ3) is 4.66. The lowest BCUT2D eigenvalue weighted by atomic mass is 10.1. The molecule has 1 aliphatic rings. The number of likely N-dealkylation sites (tertiary alicyclic amines) is 1. The van der Waals surface area contributed by atoms with Gasteiger partial charge in [-0.25, -0.2) is 9.37 Å². The van der Waals surface area contributed by atoms with E-state index < -0.39 is 11.9 Å². The average Bonchev–Trinajstić information content (AvgIpc) is 3.43. The predicted octanol–water partition coefficient (Wildman–Crippen LogP) is 3.30. The van der Waals surface area contributed by atoms with E-state index in [0.29, 0.717) is 41.6 Å². The van der Waals surface area contributed by atoms with Gasteiger partial charge in [-0.05, 0) is 36.1 Å². The van der Waals surface area contributed by atoms with Gasteiger partial charge in [0.1, 0.15) is 23.3 Å². The quantitative estimate of drug-likeness (QED) is 0.447. The van der Waals surface area contributed by atoms with Crippen LogP contribution >= 0.6 is 11.3 Å². The molecule has 7 nitrogen and oxygen atoms in total. The molecule has 1 saturated heterocycles. The molecule has 0 aliphatic carbocycles. The molecule has 0 spiro atoms. The van der Waals surface area contributed by atoms with Gasteiger partial charge in [0, 0.05) is 36.3 Å². The molecule has 2 N–H and O–H groups in total. The first-order valence-electron chi connectivity index (χ1n) is 10.1. The molecule has 2 aromatic carbocycles. The summed E-state index contributed by atoms with van der Waals surface area (Å²) in [6.45, 7) is 0.757. The Hall–Kier alpha value is -3.90. The van der Waals surface area contributed by atoms with E-state index in [1.54, 1.807) is 40.6 Å². The number of anilines is 2. The van der Waals surface area contributed by atoms with Gasteiger partial charge in [0.25, 0.3) is 5.91 Å². The van der Waals surface area contributed by atoms with Crippen molar-refractivity contribution in [1.29, 1.82) is 0 Å². The van der Waals surface area contributed by atoms with Crippen LogP contribution in [-0.2, 0) is 11.3 Å². The van der Waals surface area contributed by atoms with E-state index in [1.165, 1.54) is 35.5 Å². The van der Waals surface area contributed by atoms with E-state index >= 15 is 0 Å². The summed E-state index contributed by atoms with van der Waals surface area (Å²) in [5.41, 5.74) is 7.79. The number of nitrogen functional groups attached to an aromatic ring is 1. The molecule has 1 atom stereocenters. The number of thiazole rings is 1. The number of amides is 2. The highest BCUT2D eigenvalue weighted by molar-refractivity contribution is 7.10. The summed E-state index contributed by atoms with van der Waals surface area (Å²) in [7, 11) is 1.50. The molecule has 4 rings (SSSR count). The maximum absolute atomic E-state index is 13.5. The van der Waals surface area contributed by atoms with E-state index in [9.17, 15) is 14.0 Å². The molecule has 33 heavy (non-hydrogen) atoms. The molecule has 2 heterocycles. The number of carbonyl (C=O) groups is 2. The molecule has 1 aliphatic heterocycles. The van der Waals surface area contributed by atoms with Gasteiger partial charge in [0.2, 0.25) is 5.91 Å². The van der Waals surface area contributed by atoms with Gasteiger partial charge in [0.05, 0.1) is 12.8 Å². The zero-order valence-corrected chi connectivity index (χ0v) is 18.6. The monoisotopic (exact) mass is 464 g/mol. The lowest BCUT2D eigenvalue weighted by molar-refractivity contribution is -0.129. The van der Waals surface area contributed by atoms with Crippen molar-refractivity contribution in [2.75, 3.05) is 24.3 Å². The van der Waals surface area contributed by atoms with Crippen LogP contribution in [0.5, 0.6) is 5.75 Å². The fourth-order valence-corrected chi connectivity index (χ4v) is 4.39. The van der Waals surface area contributed by atoms with Crippen LogP contribution in [0.15, 0.2) is 47.8 Å². The minimum Gasteiger partial charge on any atom is -0.497 e. The molecule has 0 unspecified atom stereocenters. The Morgan fingerprint density at radius 3 is 2.79 bits per heavy atom. The van der Waals surface area contributed by atoms with Gasteiger partial charge in [0.15, 0.2) is 5.01 Å². The van der Waals surface area contributed by atoms with Crippen molar-refractivity contribution in [2.45, 2.75) is 19.0 Å². The number of aromatic nitrogens is 1. The number of halogens is 1. The van der Waals surface area contributed by atoms with E-state index in [1.807, 2.05) is 0 Å². The predicted molar refractivity (Wildman–Crippen MR) is 124 cm³/mol. The summed E-state index contributed by atoms with van der Waals surface area (Å²) in [4.78, 5) is 34.2. The fraction of sp³-hybridized carbons (Fsp3) is 0.208. The zero-order valence-electron chi connectivity index (χ0n) is 17.8. The Kier molecular flexibility index (Phi) is 6.29. The van der Waals surface area contributed by atoms with Crippen molar-refractivity contribution >= 4 is 34.5 Å². The number of benzene rings is 2. The first-order chi connectivity index (χ1) is 15.9. The van der Waals surface area contributed by atoms with Gasteiger partial charge < -0.3 is 15.4 Å². The van der Waals surface area contributed by atoms with Crippen LogP contribution in [0.2, 0.25) is 0 Å². The molecule has 0 saturated carbocycles. The van der Waals surface area contributed by atoms with E-state index in [4.69, 9.17) is 16.9 Å². The number of nitrogens with zero attached hydrogens (tertiary/aromatic N) is 3. The second-order valence-electron chi connectivity index (χ2n) is 7.51. The van der Waals surface area contributed by atoms with Crippen molar-refractivity contribution in [3.05, 3.63) is 69.9 Å². The molecule has 168 valence electrons. The van der Waals surface area contributed by atoms with Gasteiger partial charge in [-0.1, -0.05) is 12.1 Å².